The molecular formula is C12H8Br2Cl2S. The van der Waals surface area contributed by atoms with Gasteiger partial charge in [-0.3, -0.25) is 0 Å². The summed E-state index contributed by atoms with van der Waals surface area (Å²) in [6.07, 6.45) is 0. The number of aryl methyl sites for hydroxylation is 1. The lowest BCUT2D eigenvalue weighted by Gasteiger charge is -2.12. The molecule has 1 heterocycles. The Morgan fingerprint density at radius 2 is 2.00 bits per heavy atom. The maximum Gasteiger partial charge on any atom is 0.0764 e. The smallest absolute Gasteiger partial charge is 0.0764 e. The van der Waals surface area contributed by atoms with Gasteiger partial charge in [-0.05, 0) is 40.5 Å². The molecule has 0 aliphatic rings. The number of hydrogen-bond donors (Lipinski definition) is 0. The first kappa shape index (κ1) is 13.9. The standard InChI is InChI=1S/C12H8Br2Cl2S/c1-6-5-8(13)12(17-6)10(14)7-3-2-4-9(15)11(7)16/h2-5,10H,1H3. The summed E-state index contributed by atoms with van der Waals surface area (Å²) in [7, 11) is 0. The Hall–Kier alpha value is 0.460. The predicted molar refractivity (Wildman–Crippen MR) is 84.0 cm³/mol. The Bertz CT molecular complexity index is 551. The number of thiophene rings is 1. The quantitative estimate of drug-likeness (QED) is 0.485. The van der Waals surface area contributed by atoms with E-state index in [1.54, 1.807) is 17.4 Å². The van der Waals surface area contributed by atoms with Crippen molar-refractivity contribution in [3.63, 3.8) is 0 Å². The van der Waals surface area contributed by atoms with Crippen LogP contribution in [0.2, 0.25) is 10.0 Å². The van der Waals surface area contributed by atoms with Crippen molar-refractivity contribution >= 4 is 66.4 Å². The van der Waals surface area contributed by atoms with Crippen LogP contribution in [0.3, 0.4) is 0 Å². The van der Waals surface area contributed by atoms with Crippen molar-refractivity contribution in [2.75, 3.05) is 0 Å². The molecule has 0 aliphatic heterocycles. The zero-order valence-corrected chi connectivity index (χ0v) is 14.3. The van der Waals surface area contributed by atoms with E-state index in [4.69, 9.17) is 23.2 Å². The van der Waals surface area contributed by atoms with Crippen LogP contribution in [-0.2, 0) is 0 Å². The van der Waals surface area contributed by atoms with Gasteiger partial charge >= 0.3 is 0 Å². The second kappa shape index (κ2) is 5.62. The summed E-state index contributed by atoms with van der Waals surface area (Å²) in [5.74, 6) is 0. The van der Waals surface area contributed by atoms with Gasteiger partial charge in [0, 0.05) is 14.2 Å². The number of hydrogen-bond acceptors (Lipinski definition) is 1. The van der Waals surface area contributed by atoms with Crippen LogP contribution in [0.5, 0.6) is 0 Å². The molecule has 1 aromatic heterocycles. The van der Waals surface area contributed by atoms with E-state index >= 15 is 0 Å². The summed E-state index contributed by atoms with van der Waals surface area (Å²) in [5.41, 5.74) is 0.988. The van der Waals surface area contributed by atoms with Gasteiger partial charge in [0.15, 0.2) is 0 Å². The lowest BCUT2D eigenvalue weighted by molar-refractivity contribution is 1.21. The maximum atomic E-state index is 6.22. The highest BCUT2D eigenvalue weighted by Gasteiger charge is 2.19. The van der Waals surface area contributed by atoms with E-state index in [2.05, 4.69) is 44.8 Å². The van der Waals surface area contributed by atoms with Crippen LogP contribution < -0.4 is 0 Å². The van der Waals surface area contributed by atoms with Gasteiger partial charge in [0.05, 0.1) is 14.9 Å². The SMILES string of the molecule is Cc1cc(Br)c(C(Br)c2cccc(Cl)c2Cl)s1. The summed E-state index contributed by atoms with van der Waals surface area (Å²) in [4.78, 5) is 2.52. The predicted octanol–water partition coefficient (Wildman–Crippen LogP) is 6.61. The molecule has 2 aromatic rings. The Morgan fingerprint density at radius 3 is 2.59 bits per heavy atom. The van der Waals surface area contributed by atoms with E-state index in [0.717, 1.165) is 10.0 Å². The molecule has 0 bridgehead atoms. The molecular weight excluding hydrogens is 407 g/mol. The van der Waals surface area contributed by atoms with E-state index in [0.29, 0.717) is 10.0 Å². The molecule has 0 spiro atoms. The normalized spacial score (nSPS) is 12.8. The molecule has 1 aromatic carbocycles. The van der Waals surface area contributed by atoms with Crippen LogP contribution in [0.25, 0.3) is 0 Å². The van der Waals surface area contributed by atoms with Gasteiger partial charge in [-0.1, -0.05) is 51.3 Å². The monoisotopic (exact) mass is 412 g/mol. The lowest BCUT2D eigenvalue weighted by atomic mass is 10.1. The van der Waals surface area contributed by atoms with E-state index in [1.165, 1.54) is 9.75 Å². The molecule has 0 radical (unpaired) electrons. The zero-order chi connectivity index (χ0) is 12.6. The third kappa shape index (κ3) is 2.90. The molecule has 1 unspecified atom stereocenters. The summed E-state index contributed by atoms with van der Waals surface area (Å²) in [6.45, 7) is 2.08. The Morgan fingerprint density at radius 1 is 1.29 bits per heavy atom. The van der Waals surface area contributed by atoms with Crippen LogP contribution in [-0.4, -0.2) is 0 Å². The first-order valence-corrected chi connectivity index (χ1v) is 8.12. The van der Waals surface area contributed by atoms with E-state index in [-0.39, 0.29) is 4.83 Å². The number of halogens is 4. The average Bonchev–Trinajstić information content (AvgIpc) is 2.61. The van der Waals surface area contributed by atoms with Gasteiger partial charge in [0.2, 0.25) is 0 Å². The van der Waals surface area contributed by atoms with Crippen LogP contribution in [0.4, 0.5) is 0 Å². The fourth-order valence-corrected chi connectivity index (χ4v) is 5.17. The van der Waals surface area contributed by atoms with Crippen LogP contribution in [0.1, 0.15) is 20.1 Å². The molecule has 0 saturated carbocycles. The first-order valence-electron chi connectivity index (χ1n) is 4.84. The molecule has 0 saturated heterocycles. The van der Waals surface area contributed by atoms with Crippen molar-refractivity contribution in [1.29, 1.82) is 0 Å². The average molecular weight is 415 g/mol. The molecule has 5 heteroatoms. The van der Waals surface area contributed by atoms with Crippen molar-refractivity contribution in [2.45, 2.75) is 11.8 Å². The maximum absolute atomic E-state index is 6.22. The van der Waals surface area contributed by atoms with Crippen molar-refractivity contribution < 1.29 is 0 Å². The topological polar surface area (TPSA) is 0 Å². The third-order valence-electron chi connectivity index (χ3n) is 2.32. The first-order chi connectivity index (χ1) is 8.00. The largest absolute Gasteiger partial charge is 0.143 e. The van der Waals surface area contributed by atoms with Gasteiger partial charge < -0.3 is 0 Å². The second-order valence-corrected chi connectivity index (χ2v) is 7.42. The van der Waals surface area contributed by atoms with Crippen molar-refractivity contribution in [2.24, 2.45) is 0 Å². The molecule has 0 N–H and O–H groups in total. The minimum absolute atomic E-state index is 0.0572. The molecule has 1 atom stereocenters. The Balaban J connectivity index is 2.47. The minimum Gasteiger partial charge on any atom is -0.143 e. The van der Waals surface area contributed by atoms with Crippen molar-refractivity contribution in [3.05, 3.63) is 54.1 Å². The number of benzene rings is 1. The van der Waals surface area contributed by atoms with Crippen LogP contribution >= 0.6 is 66.4 Å². The van der Waals surface area contributed by atoms with Crippen LogP contribution in [0.15, 0.2) is 28.7 Å². The fourth-order valence-electron chi connectivity index (χ4n) is 1.53. The lowest BCUT2D eigenvalue weighted by Crippen LogP contribution is -1.92. The second-order valence-electron chi connectivity index (χ2n) is 3.57. The van der Waals surface area contributed by atoms with Crippen molar-refractivity contribution in [1.82, 2.24) is 0 Å². The van der Waals surface area contributed by atoms with Gasteiger partial charge in [0.25, 0.3) is 0 Å². The highest BCUT2D eigenvalue weighted by molar-refractivity contribution is 9.11. The van der Waals surface area contributed by atoms with Crippen LogP contribution in [0, 0.1) is 6.92 Å². The minimum atomic E-state index is 0.0572. The van der Waals surface area contributed by atoms with E-state index in [1.807, 2.05) is 12.1 Å². The molecule has 90 valence electrons. The Labute approximate surface area is 131 Å². The van der Waals surface area contributed by atoms with Gasteiger partial charge in [-0.2, -0.15) is 0 Å². The Kier molecular flexibility index (Phi) is 4.59. The van der Waals surface area contributed by atoms with E-state index in [9.17, 15) is 0 Å². The van der Waals surface area contributed by atoms with Gasteiger partial charge in [-0.25, -0.2) is 0 Å². The summed E-state index contributed by atoms with van der Waals surface area (Å²) in [5, 5.41) is 1.19. The summed E-state index contributed by atoms with van der Waals surface area (Å²) < 4.78 is 1.10. The third-order valence-corrected chi connectivity index (χ3v) is 6.44. The molecule has 2 rings (SSSR count). The highest BCUT2D eigenvalue weighted by Crippen LogP contribution is 2.44. The molecule has 17 heavy (non-hydrogen) atoms. The molecule has 0 amide bonds. The zero-order valence-electron chi connectivity index (χ0n) is 8.81. The van der Waals surface area contributed by atoms with Gasteiger partial charge in [-0.15, -0.1) is 11.3 Å². The van der Waals surface area contributed by atoms with Crippen molar-refractivity contribution in [3.8, 4) is 0 Å². The van der Waals surface area contributed by atoms with Gasteiger partial charge in [0.1, 0.15) is 0 Å². The number of alkyl halides is 1. The van der Waals surface area contributed by atoms with E-state index < -0.39 is 0 Å². The summed E-state index contributed by atoms with van der Waals surface area (Å²) >= 11 is 21.2. The molecule has 0 fully saturated rings. The fraction of sp³-hybridized carbons (Fsp3) is 0.167. The highest BCUT2D eigenvalue weighted by atomic mass is 79.9. The summed E-state index contributed by atoms with van der Waals surface area (Å²) in [6, 6.07) is 7.79. The molecule has 0 nitrogen and oxygen atoms in total. The number of rotatable bonds is 2. The molecule has 0 aliphatic carbocycles.